The molecular formula is C23H30ClN5O4. The lowest BCUT2D eigenvalue weighted by Crippen LogP contribution is -2.44. The lowest BCUT2D eigenvalue weighted by atomic mass is 10.1. The Balaban J connectivity index is 1.91. The molecule has 0 unspecified atom stereocenters. The summed E-state index contributed by atoms with van der Waals surface area (Å²) in [6.07, 6.45) is 2.88. The summed E-state index contributed by atoms with van der Waals surface area (Å²) in [4.78, 5) is 43.4. The van der Waals surface area contributed by atoms with E-state index in [4.69, 9.17) is 11.6 Å². The number of carbonyl (C=O) groups is 1. The van der Waals surface area contributed by atoms with E-state index in [2.05, 4.69) is 10.3 Å². The van der Waals surface area contributed by atoms with Gasteiger partial charge < -0.3 is 15.0 Å². The molecule has 1 amide bonds. The van der Waals surface area contributed by atoms with Crippen molar-refractivity contribution in [2.45, 2.75) is 65.8 Å². The second-order valence-corrected chi connectivity index (χ2v) is 8.35. The molecule has 2 aromatic heterocycles. The number of aliphatic hydroxyl groups excluding tert-OH is 1. The molecule has 0 aliphatic rings. The lowest BCUT2D eigenvalue weighted by molar-refractivity contribution is -0.121. The number of amides is 1. The maximum Gasteiger partial charge on any atom is 0.333 e. The van der Waals surface area contributed by atoms with Crippen LogP contribution < -0.4 is 16.6 Å². The molecule has 0 aliphatic carbocycles. The molecule has 33 heavy (non-hydrogen) atoms. The Hall–Kier alpha value is -2.91. The number of aromatic nitrogens is 4. The molecule has 0 atom stereocenters. The zero-order chi connectivity index (χ0) is 24.0. The minimum Gasteiger partial charge on any atom is -0.388 e. The topological polar surface area (TPSA) is 111 Å². The van der Waals surface area contributed by atoms with Crippen molar-refractivity contribution in [1.82, 2.24) is 24.0 Å². The monoisotopic (exact) mass is 475 g/mol. The van der Waals surface area contributed by atoms with Gasteiger partial charge in [-0.1, -0.05) is 44.0 Å². The molecule has 10 heteroatoms. The summed E-state index contributed by atoms with van der Waals surface area (Å²) in [6, 6.07) is 7.33. The number of hydrogen-bond acceptors (Lipinski definition) is 5. The summed E-state index contributed by atoms with van der Waals surface area (Å²) in [5.74, 6) is -0.0905. The first-order valence-electron chi connectivity index (χ1n) is 11.3. The molecule has 2 N–H and O–H groups in total. The Labute approximate surface area is 196 Å². The van der Waals surface area contributed by atoms with Gasteiger partial charge in [-0.2, -0.15) is 0 Å². The molecule has 0 aliphatic heterocycles. The quantitative estimate of drug-likeness (QED) is 0.441. The van der Waals surface area contributed by atoms with Crippen LogP contribution >= 0.6 is 11.6 Å². The van der Waals surface area contributed by atoms with Crippen molar-refractivity contribution in [2.24, 2.45) is 0 Å². The van der Waals surface area contributed by atoms with Gasteiger partial charge in [0.15, 0.2) is 11.2 Å². The molecular weight excluding hydrogens is 446 g/mol. The summed E-state index contributed by atoms with van der Waals surface area (Å²) < 4.78 is 4.05. The Morgan fingerprint density at radius 2 is 1.79 bits per heavy atom. The Morgan fingerprint density at radius 3 is 2.42 bits per heavy atom. The second kappa shape index (κ2) is 11.3. The molecule has 0 saturated heterocycles. The number of rotatable bonds is 11. The van der Waals surface area contributed by atoms with E-state index in [9.17, 15) is 19.5 Å². The SMILES string of the molecule is CCCCn1c(=O)n(CC(=O)NCCc2ccc(Cl)cc2)c(=O)c2c1nc(CO)n2CCC. The minimum absolute atomic E-state index is 0.241. The lowest BCUT2D eigenvalue weighted by Gasteiger charge is -2.12. The average Bonchev–Trinajstić information content (AvgIpc) is 3.16. The number of halogens is 1. The maximum atomic E-state index is 13.3. The molecule has 178 valence electrons. The highest BCUT2D eigenvalue weighted by Gasteiger charge is 2.22. The van der Waals surface area contributed by atoms with Gasteiger partial charge in [0.2, 0.25) is 5.91 Å². The highest BCUT2D eigenvalue weighted by Crippen LogP contribution is 2.14. The van der Waals surface area contributed by atoms with Crippen molar-refractivity contribution >= 4 is 28.7 Å². The van der Waals surface area contributed by atoms with Crippen LogP contribution in [-0.2, 0) is 37.5 Å². The van der Waals surface area contributed by atoms with E-state index in [1.165, 1.54) is 4.57 Å². The maximum absolute atomic E-state index is 13.3. The van der Waals surface area contributed by atoms with E-state index in [1.54, 1.807) is 16.7 Å². The van der Waals surface area contributed by atoms with Gasteiger partial charge in [-0.15, -0.1) is 0 Å². The minimum atomic E-state index is -0.573. The molecule has 2 heterocycles. The van der Waals surface area contributed by atoms with Crippen molar-refractivity contribution in [3.8, 4) is 0 Å². The van der Waals surface area contributed by atoms with Gasteiger partial charge in [-0.05, 0) is 37.0 Å². The third-order valence-corrected chi connectivity index (χ3v) is 5.72. The van der Waals surface area contributed by atoms with Gasteiger partial charge in [0.05, 0.1) is 0 Å². The standard InChI is InChI=1S/C23H30ClN5O4/c1-3-5-13-28-21-20(27(12-4-2)18(15-30)26-21)22(32)29(23(28)33)14-19(31)25-11-10-16-6-8-17(24)9-7-16/h6-9,30H,3-5,10-15H2,1-2H3,(H,25,31). The van der Waals surface area contributed by atoms with Crippen LogP contribution in [0.15, 0.2) is 33.9 Å². The van der Waals surface area contributed by atoms with Crippen molar-refractivity contribution in [2.75, 3.05) is 6.54 Å². The zero-order valence-corrected chi connectivity index (χ0v) is 19.8. The van der Waals surface area contributed by atoms with Crippen LogP contribution in [0.5, 0.6) is 0 Å². The number of carbonyl (C=O) groups excluding carboxylic acids is 1. The molecule has 1 aromatic carbocycles. The molecule has 3 rings (SSSR count). The number of hydrogen-bond donors (Lipinski definition) is 2. The summed E-state index contributed by atoms with van der Waals surface area (Å²) in [7, 11) is 0. The predicted molar refractivity (Wildman–Crippen MR) is 128 cm³/mol. The van der Waals surface area contributed by atoms with Crippen molar-refractivity contribution in [3.63, 3.8) is 0 Å². The van der Waals surface area contributed by atoms with Crippen LogP contribution in [-0.4, -0.2) is 36.2 Å². The van der Waals surface area contributed by atoms with Crippen LogP contribution in [0.3, 0.4) is 0 Å². The highest BCUT2D eigenvalue weighted by molar-refractivity contribution is 6.30. The molecule has 9 nitrogen and oxygen atoms in total. The number of benzene rings is 1. The fourth-order valence-electron chi connectivity index (χ4n) is 3.77. The average molecular weight is 476 g/mol. The van der Waals surface area contributed by atoms with E-state index in [1.807, 2.05) is 26.0 Å². The van der Waals surface area contributed by atoms with Crippen molar-refractivity contribution in [1.29, 1.82) is 0 Å². The van der Waals surface area contributed by atoms with E-state index >= 15 is 0 Å². The second-order valence-electron chi connectivity index (χ2n) is 7.92. The summed E-state index contributed by atoms with van der Waals surface area (Å²) in [5, 5.41) is 13.2. The number of imidazole rings is 1. The Bertz CT molecular complexity index is 1230. The number of nitrogens with zero attached hydrogens (tertiary/aromatic N) is 4. The van der Waals surface area contributed by atoms with E-state index in [-0.39, 0.29) is 24.3 Å². The summed E-state index contributed by atoms with van der Waals surface area (Å²) >= 11 is 5.89. The fourth-order valence-corrected chi connectivity index (χ4v) is 3.90. The van der Waals surface area contributed by atoms with Gasteiger partial charge in [-0.25, -0.2) is 14.3 Å². The van der Waals surface area contributed by atoms with E-state index in [0.717, 1.165) is 29.4 Å². The van der Waals surface area contributed by atoms with Crippen molar-refractivity contribution in [3.05, 3.63) is 61.5 Å². The largest absolute Gasteiger partial charge is 0.388 e. The third-order valence-electron chi connectivity index (χ3n) is 5.47. The van der Waals surface area contributed by atoms with Crippen molar-refractivity contribution < 1.29 is 9.90 Å². The van der Waals surface area contributed by atoms with Gasteiger partial charge in [-0.3, -0.25) is 14.2 Å². The van der Waals surface area contributed by atoms with Gasteiger partial charge >= 0.3 is 5.69 Å². The van der Waals surface area contributed by atoms with E-state index < -0.39 is 17.2 Å². The molecule has 0 fully saturated rings. The Kier molecular flexibility index (Phi) is 8.46. The summed E-state index contributed by atoms with van der Waals surface area (Å²) in [6.45, 7) is 4.44. The van der Waals surface area contributed by atoms with Gasteiger partial charge in [0.25, 0.3) is 5.56 Å². The smallest absolute Gasteiger partial charge is 0.333 e. The first-order valence-corrected chi connectivity index (χ1v) is 11.6. The molecule has 0 spiro atoms. The van der Waals surface area contributed by atoms with Gasteiger partial charge in [0, 0.05) is 24.7 Å². The van der Waals surface area contributed by atoms with Crippen LogP contribution in [0.25, 0.3) is 11.2 Å². The molecule has 0 radical (unpaired) electrons. The van der Waals surface area contributed by atoms with Crippen LogP contribution in [0.2, 0.25) is 5.02 Å². The normalized spacial score (nSPS) is 11.3. The zero-order valence-electron chi connectivity index (χ0n) is 19.0. The fraction of sp³-hybridized carbons (Fsp3) is 0.478. The van der Waals surface area contributed by atoms with Crippen LogP contribution in [0.1, 0.15) is 44.5 Å². The third kappa shape index (κ3) is 5.54. The van der Waals surface area contributed by atoms with E-state index in [0.29, 0.717) is 36.9 Å². The number of aliphatic hydroxyl groups is 1. The number of fused-ring (bicyclic) bond motifs is 1. The first-order chi connectivity index (χ1) is 15.9. The number of nitrogens with one attached hydrogen (secondary N) is 1. The Morgan fingerprint density at radius 1 is 1.06 bits per heavy atom. The van der Waals surface area contributed by atoms with Gasteiger partial charge in [0.1, 0.15) is 19.0 Å². The highest BCUT2D eigenvalue weighted by atomic mass is 35.5. The summed E-state index contributed by atoms with van der Waals surface area (Å²) in [5.41, 5.74) is 0.372. The molecule has 3 aromatic rings. The predicted octanol–water partition coefficient (Wildman–Crippen LogP) is 2.07. The van der Waals surface area contributed by atoms with Crippen LogP contribution in [0.4, 0.5) is 0 Å². The first kappa shape index (κ1) is 24.7. The van der Waals surface area contributed by atoms with Crippen LogP contribution in [0, 0.1) is 0 Å². The number of aryl methyl sites for hydroxylation is 2. The molecule has 0 saturated carbocycles. The number of unbranched alkanes of at least 4 members (excludes halogenated alkanes) is 1. The molecule has 0 bridgehead atoms.